The zero-order valence-corrected chi connectivity index (χ0v) is 11.3. The zero-order valence-electron chi connectivity index (χ0n) is 11.3. The highest BCUT2D eigenvalue weighted by Crippen LogP contribution is 2.42. The first-order valence-electron chi connectivity index (χ1n) is 6.35. The van der Waals surface area contributed by atoms with E-state index in [1.54, 1.807) is 4.90 Å². The normalized spacial score (nSPS) is 18.4. The summed E-state index contributed by atoms with van der Waals surface area (Å²) in [5.41, 5.74) is -1.53. The Balaban J connectivity index is 2.56. The highest BCUT2D eigenvalue weighted by atomic mass is 19.4. The SMILES string of the molecule is CC1(C)CCCN1c1ccc(C(=O)O)cc1C(F)(F)F. The first-order valence-corrected chi connectivity index (χ1v) is 6.35. The summed E-state index contributed by atoms with van der Waals surface area (Å²) < 4.78 is 39.5. The highest BCUT2D eigenvalue weighted by Gasteiger charge is 2.40. The smallest absolute Gasteiger partial charge is 0.418 e. The molecule has 0 aromatic heterocycles. The highest BCUT2D eigenvalue weighted by molar-refractivity contribution is 5.88. The van der Waals surface area contributed by atoms with Gasteiger partial charge in [0.25, 0.3) is 0 Å². The van der Waals surface area contributed by atoms with E-state index in [-0.39, 0.29) is 16.8 Å². The summed E-state index contributed by atoms with van der Waals surface area (Å²) in [5, 5.41) is 8.85. The molecule has 0 aliphatic carbocycles. The van der Waals surface area contributed by atoms with E-state index in [1.165, 1.54) is 12.1 Å². The molecule has 2 rings (SSSR count). The van der Waals surface area contributed by atoms with Gasteiger partial charge in [-0.25, -0.2) is 4.79 Å². The lowest BCUT2D eigenvalue weighted by molar-refractivity contribution is -0.137. The molecule has 1 aromatic carbocycles. The van der Waals surface area contributed by atoms with Crippen LogP contribution in [0.5, 0.6) is 0 Å². The molecule has 1 aliphatic heterocycles. The van der Waals surface area contributed by atoms with E-state index in [2.05, 4.69) is 0 Å². The minimum Gasteiger partial charge on any atom is -0.478 e. The molecule has 3 nitrogen and oxygen atoms in total. The van der Waals surface area contributed by atoms with Gasteiger partial charge in [0, 0.05) is 17.8 Å². The van der Waals surface area contributed by atoms with Gasteiger partial charge in [-0.3, -0.25) is 0 Å². The Morgan fingerprint density at radius 2 is 2.00 bits per heavy atom. The van der Waals surface area contributed by atoms with Crippen LogP contribution in [0.25, 0.3) is 0 Å². The summed E-state index contributed by atoms with van der Waals surface area (Å²) in [4.78, 5) is 12.6. The molecular formula is C14H16F3NO2. The Morgan fingerprint density at radius 3 is 2.45 bits per heavy atom. The van der Waals surface area contributed by atoms with Gasteiger partial charge in [-0.1, -0.05) is 0 Å². The van der Waals surface area contributed by atoms with E-state index in [1.807, 2.05) is 13.8 Å². The molecule has 20 heavy (non-hydrogen) atoms. The van der Waals surface area contributed by atoms with Gasteiger partial charge >= 0.3 is 12.1 Å². The maximum absolute atomic E-state index is 13.2. The van der Waals surface area contributed by atoms with Crippen molar-refractivity contribution in [2.45, 2.75) is 38.4 Å². The van der Waals surface area contributed by atoms with E-state index in [0.29, 0.717) is 12.6 Å². The van der Waals surface area contributed by atoms with Crippen LogP contribution in [-0.4, -0.2) is 23.2 Å². The lowest BCUT2D eigenvalue weighted by Gasteiger charge is -2.35. The third-order valence-electron chi connectivity index (χ3n) is 3.74. The Morgan fingerprint density at radius 1 is 1.35 bits per heavy atom. The molecule has 6 heteroatoms. The van der Waals surface area contributed by atoms with Crippen molar-refractivity contribution in [3.8, 4) is 0 Å². The Kier molecular flexibility index (Phi) is 3.44. The van der Waals surface area contributed by atoms with Gasteiger partial charge in [0.1, 0.15) is 0 Å². The van der Waals surface area contributed by atoms with E-state index in [4.69, 9.17) is 5.11 Å². The van der Waals surface area contributed by atoms with Crippen LogP contribution in [-0.2, 0) is 6.18 Å². The van der Waals surface area contributed by atoms with E-state index in [0.717, 1.165) is 12.8 Å². The van der Waals surface area contributed by atoms with Crippen LogP contribution in [0.2, 0.25) is 0 Å². The molecule has 1 aliphatic rings. The summed E-state index contributed by atoms with van der Waals surface area (Å²) in [6.45, 7) is 4.33. The van der Waals surface area contributed by atoms with Crippen molar-refractivity contribution in [1.29, 1.82) is 0 Å². The van der Waals surface area contributed by atoms with Gasteiger partial charge in [-0.2, -0.15) is 13.2 Å². The summed E-state index contributed by atoms with van der Waals surface area (Å²) >= 11 is 0. The number of halogens is 3. The van der Waals surface area contributed by atoms with Gasteiger partial charge in [-0.05, 0) is 44.9 Å². The first kappa shape index (κ1) is 14.7. The minimum atomic E-state index is -4.57. The van der Waals surface area contributed by atoms with Crippen LogP contribution < -0.4 is 4.90 Å². The lowest BCUT2D eigenvalue weighted by Crippen LogP contribution is -2.39. The predicted octanol–water partition coefficient (Wildman–Crippen LogP) is 3.78. The molecule has 0 atom stereocenters. The Labute approximate surface area is 115 Å². The molecule has 1 aromatic rings. The number of benzene rings is 1. The molecule has 1 N–H and O–H groups in total. The number of anilines is 1. The number of rotatable bonds is 2. The van der Waals surface area contributed by atoms with Crippen molar-refractivity contribution in [1.82, 2.24) is 0 Å². The van der Waals surface area contributed by atoms with Crippen LogP contribution in [0.15, 0.2) is 18.2 Å². The monoisotopic (exact) mass is 287 g/mol. The van der Waals surface area contributed by atoms with Crippen LogP contribution in [0.3, 0.4) is 0 Å². The van der Waals surface area contributed by atoms with Crippen LogP contribution in [0.4, 0.5) is 18.9 Å². The van der Waals surface area contributed by atoms with E-state index in [9.17, 15) is 18.0 Å². The minimum absolute atomic E-state index is 0.0602. The number of carboxylic acid groups (broad SMARTS) is 1. The largest absolute Gasteiger partial charge is 0.478 e. The van der Waals surface area contributed by atoms with Gasteiger partial charge in [0.2, 0.25) is 0 Å². The molecule has 0 saturated carbocycles. The average molecular weight is 287 g/mol. The van der Waals surface area contributed by atoms with Crippen molar-refractivity contribution in [3.63, 3.8) is 0 Å². The lowest BCUT2D eigenvalue weighted by atomic mass is 9.99. The van der Waals surface area contributed by atoms with E-state index >= 15 is 0 Å². The predicted molar refractivity (Wildman–Crippen MR) is 69.1 cm³/mol. The van der Waals surface area contributed by atoms with Crippen molar-refractivity contribution in [3.05, 3.63) is 29.3 Å². The number of carboxylic acids is 1. The van der Waals surface area contributed by atoms with Crippen molar-refractivity contribution >= 4 is 11.7 Å². The second kappa shape index (κ2) is 4.68. The van der Waals surface area contributed by atoms with Crippen LogP contribution in [0.1, 0.15) is 42.6 Å². The molecule has 110 valence electrons. The molecule has 0 bridgehead atoms. The van der Waals surface area contributed by atoms with Gasteiger partial charge < -0.3 is 10.0 Å². The fourth-order valence-electron chi connectivity index (χ4n) is 2.69. The topological polar surface area (TPSA) is 40.5 Å². The first-order chi connectivity index (χ1) is 9.13. The summed E-state index contributed by atoms with van der Waals surface area (Å²) in [6, 6.07) is 3.20. The Hall–Kier alpha value is -1.72. The summed E-state index contributed by atoms with van der Waals surface area (Å²) in [5.74, 6) is -1.36. The molecule has 0 unspecified atom stereocenters. The second-order valence-corrected chi connectivity index (χ2v) is 5.60. The number of carbonyl (C=O) groups is 1. The molecule has 0 spiro atoms. The molecule has 1 heterocycles. The molecule has 1 saturated heterocycles. The van der Waals surface area contributed by atoms with Gasteiger partial charge in [0.15, 0.2) is 0 Å². The fourth-order valence-corrected chi connectivity index (χ4v) is 2.69. The van der Waals surface area contributed by atoms with Gasteiger partial charge in [-0.15, -0.1) is 0 Å². The van der Waals surface area contributed by atoms with Crippen molar-refractivity contribution in [2.24, 2.45) is 0 Å². The second-order valence-electron chi connectivity index (χ2n) is 5.60. The third-order valence-corrected chi connectivity index (χ3v) is 3.74. The van der Waals surface area contributed by atoms with Gasteiger partial charge in [0.05, 0.1) is 11.1 Å². The van der Waals surface area contributed by atoms with Crippen LogP contribution in [0, 0.1) is 0 Å². The average Bonchev–Trinajstić information content (AvgIpc) is 2.66. The maximum Gasteiger partial charge on any atom is 0.418 e. The van der Waals surface area contributed by atoms with Crippen molar-refractivity contribution in [2.75, 3.05) is 11.4 Å². The molecule has 0 radical (unpaired) electrons. The third kappa shape index (κ3) is 2.59. The van der Waals surface area contributed by atoms with E-state index < -0.39 is 17.7 Å². The molecule has 1 fully saturated rings. The number of hydrogen-bond acceptors (Lipinski definition) is 2. The number of aromatic carboxylic acids is 1. The quantitative estimate of drug-likeness (QED) is 0.899. The maximum atomic E-state index is 13.2. The standard InChI is InChI=1S/C14H16F3NO2/c1-13(2)6-3-7-18(13)11-5-4-9(12(19)20)8-10(11)14(15,16)17/h4-5,8H,3,6-7H2,1-2H3,(H,19,20). The summed E-state index contributed by atoms with van der Waals surface area (Å²) in [7, 11) is 0. The number of nitrogens with zero attached hydrogens (tertiary/aromatic N) is 1. The zero-order chi connectivity index (χ0) is 15.1. The molecule has 0 amide bonds. The Bertz CT molecular complexity index is 538. The molecular weight excluding hydrogens is 271 g/mol. The van der Waals surface area contributed by atoms with Crippen molar-refractivity contribution < 1.29 is 23.1 Å². The fraction of sp³-hybridized carbons (Fsp3) is 0.500. The number of hydrogen-bond donors (Lipinski definition) is 1. The number of alkyl halides is 3. The summed E-state index contributed by atoms with van der Waals surface area (Å²) in [6.07, 6.45) is -2.94. The van der Waals surface area contributed by atoms with Crippen LogP contribution >= 0.6 is 0 Å².